The molecule has 0 saturated heterocycles. The Balaban J connectivity index is 1.80. The number of rotatable bonds is 7. The number of benzene rings is 1. The first-order valence-electron chi connectivity index (χ1n) is 6.68. The number of hydrogen-bond acceptors (Lipinski definition) is 7. The van der Waals surface area contributed by atoms with E-state index < -0.39 is 16.8 Å². The van der Waals surface area contributed by atoms with E-state index in [4.69, 9.17) is 4.74 Å². The van der Waals surface area contributed by atoms with Crippen molar-refractivity contribution in [1.82, 2.24) is 20.2 Å². The summed E-state index contributed by atoms with van der Waals surface area (Å²) >= 11 is 3.30. The minimum Gasteiger partial charge on any atom is -0.484 e. The molecule has 1 aromatic heterocycles. The molecule has 24 heavy (non-hydrogen) atoms. The number of carbonyl (C=O) groups is 1. The largest absolute Gasteiger partial charge is 0.490 e. The summed E-state index contributed by atoms with van der Waals surface area (Å²) in [7, 11) is 0. The molecular formula is C13H13BrN6O4. The molecule has 10 nitrogen and oxygen atoms in total. The smallest absolute Gasteiger partial charge is 0.484 e. The first-order chi connectivity index (χ1) is 11.4. The van der Waals surface area contributed by atoms with Crippen molar-refractivity contribution in [3.63, 3.8) is 0 Å². The van der Waals surface area contributed by atoms with Crippen LogP contribution in [0.3, 0.4) is 0 Å². The molecule has 0 atom stereocenters. The van der Waals surface area contributed by atoms with Crippen LogP contribution >= 0.6 is 15.9 Å². The predicted octanol–water partition coefficient (Wildman–Crippen LogP) is 1.52. The Bertz CT molecular complexity index is 775. The number of halogens is 1. The van der Waals surface area contributed by atoms with E-state index in [1.165, 1.54) is 11.0 Å². The van der Waals surface area contributed by atoms with Crippen LogP contribution in [0, 0.1) is 10.1 Å². The zero-order chi connectivity index (χ0) is 17.5. The number of hydrazone groups is 1. The van der Waals surface area contributed by atoms with Gasteiger partial charge in [0.25, 0.3) is 5.91 Å². The van der Waals surface area contributed by atoms with E-state index in [-0.39, 0.29) is 13.2 Å². The van der Waals surface area contributed by atoms with Crippen molar-refractivity contribution in [2.24, 2.45) is 5.10 Å². The van der Waals surface area contributed by atoms with Crippen LogP contribution in [0.15, 0.2) is 40.2 Å². The van der Waals surface area contributed by atoms with Crippen molar-refractivity contribution in [1.29, 1.82) is 0 Å². The van der Waals surface area contributed by atoms with Gasteiger partial charge in [-0.3, -0.25) is 4.79 Å². The molecule has 0 spiro atoms. The summed E-state index contributed by atoms with van der Waals surface area (Å²) in [6.07, 6.45) is 1.22. The highest BCUT2D eigenvalue weighted by Crippen LogP contribution is 2.17. The molecule has 0 aliphatic rings. The molecule has 0 radical (unpaired) electrons. The zero-order valence-electron chi connectivity index (χ0n) is 12.5. The average Bonchev–Trinajstić information content (AvgIpc) is 3.00. The van der Waals surface area contributed by atoms with E-state index in [0.717, 1.165) is 4.47 Å². The van der Waals surface area contributed by atoms with Crippen LogP contribution < -0.4 is 10.2 Å². The van der Waals surface area contributed by atoms with Gasteiger partial charge in [-0.15, -0.1) is 0 Å². The Labute approximate surface area is 144 Å². The number of carbonyl (C=O) groups excluding carboxylic acids is 1. The Kier molecular flexibility index (Phi) is 5.95. The van der Waals surface area contributed by atoms with Gasteiger partial charge in [0.05, 0.1) is 12.3 Å². The lowest BCUT2D eigenvalue weighted by molar-refractivity contribution is -0.394. The summed E-state index contributed by atoms with van der Waals surface area (Å²) < 4.78 is 7.41. The zero-order valence-corrected chi connectivity index (χ0v) is 14.1. The van der Waals surface area contributed by atoms with Gasteiger partial charge in [-0.05, 0) is 30.0 Å². The number of nitrogens with one attached hydrogen (secondary N) is 1. The van der Waals surface area contributed by atoms with Gasteiger partial charge >= 0.3 is 5.95 Å². The third-order valence-corrected chi connectivity index (χ3v) is 3.11. The Hall–Kier alpha value is -2.82. The quantitative estimate of drug-likeness (QED) is 0.429. The number of ether oxygens (including phenoxy) is 1. The minimum atomic E-state index is -0.690. The third kappa shape index (κ3) is 5.43. The van der Waals surface area contributed by atoms with Crippen LogP contribution in [0.4, 0.5) is 5.95 Å². The van der Waals surface area contributed by atoms with Gasteiger partial charge in [0, 0.05) is 9.57 Å². The van der Waals surface area contributed by atoms with E-state index in [2.05, 4.69) is 36.5 Å². The van der Waals surface area contributed by atoms with E-state index in [1.807, 2.05) is 6.07 Å². The highest BCUT2D eigenvalue weighted by Gasteiger charge is 2.13. The van der Waals surface area contributed by atoms with Crippen molar-refractivity contribution >= 4 is 33.5 Å². The van der Waals surface area contributed by atoms with Crippen molar-refractivity contribution in [3.8, 4) is 5.75 Å². The van der Waals surface area contributed by atoms with E-state index in [9.17, 15) is 14.9 Å². The Morgan fingerprint density at radius 3 is 3.00 bits per heavy atom. The van der Waals surface area contributed by atoms with Gasteiger partial charge in [-0.2, -0.15) is 9.78 Å². The topological polar surface area (TPSA) is 125 Å². The summed E-state index contributed by atoms with van der Waals surface area (Å²) in [6.45, 7) is 1.61. The predicted molar refractivity (Wildman–Crippen MR) is 87.6 cm³/mol. The van der Waals surface area contributed by atoms with Crippen LogP contribution in [-0.4, -0.2) is 37.9 Å². The molecule has 0 unspecified atom stereocenters. The summed E-state index contributed by atoms with van der Waals surface area (Å²) in [5, 5.41) is 18.0. The number of aromatic nitrogens is 3. The molecule has 2 aromatic rings. The average molecular weight is 397 g/mol. The number of hydrogen-bond donors (Lipinski definition) is 1. The SMILES string of the molecule is CC(Cn1cnc([N+](=O)[O-])n1)=NNC(=O)COc1cccc(Br)c1. The van der Waals surface area contributed by atoms with Gasteiger partial charge < -0.3 is 14.9 Å². The summed E-state index contributed by atoms with van der Waals surface area (Å²) in [6, 6.07) is 7.09. The molecule has 0 saturated carbocycles. The molecule has 11 heteroatoms. The molecule has 0 aliphatic carbocycles. The van der Waals surface area contributed by atoms with Crippen molar-refractivity contribution in [2.75, 3.05) is 6.61 Å². The highest BCUT2D eigenvalue weighted by atomic mass is 79.9. The second-order valence-electron chi connectivity index (χ2n) is 4.63. The van der Waals surface area contributed by atoms with Gasteiger partial charge in [0.2, 0.25) is 6.33 Å². The number of amides is 1. The standard InChI is InChI=1S/C13H13BrN6O4/c1-9(6-19-8-15-13(18-19)20(22)23)16-17-12(21)7-24-11-4-2-3-10(14)5-11/h2-5,8H,6-7H2,1H3,(H,17,21). The van der Waals surface area contributed by atoms with Crippen LogP contribution in [-0.2, 0) is 11.3 Å². The molecule has 0 aliphatic heterocycles. The van der Waals surface area contributed by atoms with Crippen molar-refractivity contribution < 1.29 is 14.5 Å². The van der Waals surface area contributed by atoms with Gasteiger partial charge in [-0.1, -0.05) is 27.0 Å². The third-order valence-electron chi connectivity index (χ3n) is 2.62. The molecule has 1 amide bonds. The second-order valence-corrected chi connectivity index (χ2v) is 5.54. The van der Waals surface area contributed by atoms with Crippen LogP contribution in [0.1, 0.15) is 6.92 Å². The van der Waals surface area contributed by atoms with Crippen molar-refractivity contribution in [3.05, 3.63) is 45.2 Å². The van der Waals surface area contributed by atoms with Gasteiger partial charge in [0.15, 0.2) is 6.61 Å². The highest BCUT2D eigenvalue weighted by molar-refractivity contribution is 9.10. The Morgan fingerprint density at radius 1 is 1.54 bits per heavy atom. The first kappa shape index (κ1) is 17.5. The molecule has 2 rings (SSSR count). The Morgan fingerprint density at radius 2 is 2.33 bits per heavy atom. The lowest BCUT2D eigenvalue weighted by Gasteiger charge is -2.05. The number of nitrogens with zero attached hydrogens (tertiary/aromatic N) is 5. The van der Waals surface area contributed by atoms with E-state index in [1.54, 1.807) is 25.1 Å². The lowest BCUT2D eigenvalue weighted by atomic mass is 10.3. The summed E-state index contributed by atoms with van der Waals surface area (Å²) in [4.78, 5) is 25.0. The fraction of sp³-hybridized carbons (Fsp3) is 0.231. The monoisotopic (exact) mass is 396 g/mol. The van der Waals surface area contributed by atoms with E-state index in [0.29, 0.717) is 11.5 Å². The second kappa shape index (κ2) is 8.15. The lowest BCUT2D eigenvalue weighted by Crippen LogP contribution is -2.26. The maximum Gasteiger partial charge on any atom is 0.490 e. The molecule has 1 aromatic carbocycles. The molecule has 0 bridgehead atoms. The maximum absolute atomic E-state index is 11.7. The number of nitro groups is 1. The molecule has 0 fully saturated rings. The van der Waals surface area contributed by atoms with Crippen LogP contribution in [0.25, 0.3) is 0 Å². The molecule has 1 N–H and O–H groups in total. The summed E-state index contributed by atoms with van der Waals surface area (Å²) in [5.41, 5.74) is 2.83. The maximum atomic E-state index is 11.7. The molecule has 1 heterocycles. The van der Waals surface area contributed by atoms with Crippen LogP contribution in [0.5, 0.6) is 5.75 Å². The fourth-order valence-electron chi connectivity index (χ4n) is 1.61. The van der Waals surface area contributed by atoms with Gasteiger partial charge in [-0.25, -0.2) is 5.43 Å². The molecule has 126 valence electrons. The normalized spacial score (nSPS) is 11.2. The fourth-order valence-corrected chi connectivity index (χ4v) is 1.99. The first-order valence-corrected chi connectivity index (χ1v) is 7.47. The van der Waals surface area contributed by atoms with E-state index >= 15 is 0 Å². The summed E-state index contributed by atoms with van der Waals surface area (Å²) in [5.74, 6) is -0.372. The van der Waals surface area contributed by atoms with Gasteiger partial charge in [0.1, 0.15) is 5.75 Å². The minimum absolute atomic E-state index is 0.160. The molecular weight excluding hydrogens is 384 g/mol. The van der Waals surface area contributed by atoms with Crippen LogP contribution in [0.2, 0.25) is 0 Å². The van der Waals surface area contributed by atoms with Crippen molar-refractivity contribution in [2.45, 2.75) is 13.5 Å².